The standard InChI is InChI=1S/C16H14N6OS/c1-11-2-7-15-17-12(9-21(15)8-11)10-24-16-18-19-20-22(16)13-3-5-14(23)6-4-13/h2-9,23H,10H2,1H3. The molecule has 1 N–H and O–H groups in total. The van der Waals surface area contributed by atoms with Crippen molar-refractivity contribution in [1.29, 1.82) is 0 Å². The van der Waals surface area contributed by atoms with Crippen LogP contribution in [0.2, 0.25) is 0 Å². The quantitative estimate of drug-likeness (QED) is 0.576. The molecule has 0 aliphatic carbocycles. The normalized spacial score (nSPS) is 11.2. The number of aromatic hydroxyl groups is 1. The Kier molecular flexibility index (Phi) is 3.66. The second-order valence-corrected chi connectivity index (χ2v) is 6.32. The zero-order chi connectivity index (χ0) is 16.5. The van der Waals surface area contributed by atoms with Crippen molar-refractivity contribution in [2.45, 2.75) is 17.8 Å². The van der Waals surface area contributed by atoms with Gasteiger partial charge in [-0.1, -0.05) is 17.8 Å². The van der Waals surface area contributed by atoms with E-state index in [1.165, 1.54) is 17.3 Å². The highest BCUT2D eigenvalue weighted by atomic mass is 32.2. The van der Waals surface area contributed by atoms with E-state index in [-0.39, 0.29) is 5.75 Å². The van der Waals surface area contributed by atoms with Crippen LogP contribution in [0, 0.1) is 6.92 Å². The van der Waals surface area contributed by atoms with Crippen LogP contribution in [-0.4, -0.2) is 34.7 Å². The predicted molar refractivity (Wildman–Crippen MR) is 90.3 cm³/mol. The summed E-state index contributed by atoms with van der Waals surface area (Å²) in [5.41, 5.74) is 3.88. The van der Waals surface area contributed by atoms with E-state index in [2.05, 4.69) is 33.6 Å². The molecule has 24 heavy (non-hydrogen) atoms. The summed E-state index contributed by atoms with van der Waals surface area (Å²) in [5.74, 6) is 0.875. The molecule has 4 rings (SSSR count). The highest BCUT2D eigenvalue weighted by Gasteiger charge is 2.11. The van der Waals surface area contributed by atoms with E-state index >= 15 is 0 Å². The summed E-state index contributed by atoms with van der Waals surface area (Å²) in [7, 11) is 0. The van der Waals surface area contributed by atoms with Crippen LogP contribution in [0.25, 0.3) is 11.3 Å². The van der Waals surface area contributed by atoms with Crippen LogP contribution in [-0.2, 0) is 5.75 Å². The van der Waals surface area contributed by atoms with Crippen molar-refractivity contribution in [3.05, 3.63) is 60.0 Å². The molecule has 4 aromatic rings. The van der Waals surface area contributed by atoms with Gasteiger partial charge in [0.15, 0.2) is 0 Å². The van der Waals surface area contributed by atoms with Gasteiger partial charge in [-0.25, -0.2) is 4.98 Å². The second kappa shape index (κ2) is 5.97. The third-order valence-electron chi connectivity index (χ3n) is 3.53. The molecular formula is C16H14N6OS. The first kappa shape index (κ1) is 14.7. The van der Waals surface area contributed by atoms with Crippen LogP contribution in [0.15, 0.2) is 53.9 Å². The molecule has 120 valence electrons. The Balaban J connectivity index is 1.55. The summed E-state index contributed by atoms with van der Waals surface area (Å²) >= 11 is 1.51. The Hall–Kier alpha value is -2.87. The number of phenols is 1. The molecule has 0 aliphatic heterocycles. The van der Waals surface area contributed by atoms with E-state index in [0.717, 1.165) is 17.0 Å². The summed E-state index contributed by atoms with van der Waals surface area (Å²) in [6.07, 6.45) is 4.07. The molecule has 0 fully saturated rings. The average Bonchev–Trinajstić information content (AvgIpc) is 3.19. The van der Waals surface area contributed by atoms with E-state index in [0.29, 0.717) is 10.9 Å². The van der Waals surface area contributed by atoms with E-state index < -0.39 is 0 Å². The van der Waals surface area contributed by atoms with Crippen molar-refractivity contribution in [2.24, 2.45) is 0 Å². The minimum absolute atomic E-state index is 0.209. The third kappa shape index (κ3) is 2.83. The number of tetrazole rings is 1. The van der Waals surface area contributed by atoms with Gasteiger partial charge in [0, 0.05) is 18.1 Å². The maximum Gasteiger partial charge on any atom is 0.214 e. The topological polar surface area (TPSA) is 81.1 Å². The number of aryl methyl sites for hydroxylation is 1. The Morgan fingerprint density at radius 3 is 2.75 bits per heavy atom. The first-order valence-electron chi connectivity index (χ1n) is 7.34. The van der Waals surface area contributed by atoms with Gasteiger partial charge >= 0.3 is 0 Å². The molecule has 7 nitrogen and oxygen atoms in total. The molecule has 0 aliphatic rings. The van der Waals surface area contributed by atoms with Crippen molar-refractivity contribution in [3.8, 4) is 11.4 Å². The van der Waals surface area contributed by atoms with Crippen LogP contribution < -0.4 is 0 Å². The molecule has 0 bridgehead atoms. The number of hydrogen-bond donors (Lipinski definition) is 1. The van der Waals surface area contributed by atoms with Crippen LogP contribution >= 0.6 is 11.8 Å². The zero-order valence-electron chi connectivity index (χ0n) is 12.9. The second-order valence-electron chi connectivity index (χ2n) is 5.38. The molecule has 3 aromatic heterocycles. The highest BCUT2D eigenvalue weighted by molar-refractivity contribution is 7.98. The predicted octanol–water partition coefficient (Wildman–Crippen LogP) is 2.62. The number of thioether (sulfide) groups is 1. The lowest BCUT2D eigenvalue weighted by molar-refractivity contribution is 0.475. The van der Waals surface area contributed by atoms with Gasteiger partial charge < -0.3 is 9.51 Å². The van der Waals surface area contributed by atoms with Crippen LogP contribution in [0.5, 0.6) is 5.75 Å². The molecule has 0 unspecified atom stereocenters. The van der Waals surface area contributed by atoms with Gasteiger partial charge in [-0.05, 0) is 53.2 Å². The van der Waals surface area contributed by atoms with Gasteiger partial charge in [0.2, 0.25) is 5.16 Å². The highest BCUT2D eigenvalue weighted by Crippen LogP contribution is 2.23. The largest absolute Gasteiger partial charge is 0.508 e. The minimum Gasteiger partial charge on any atom is -0.508 e. The van der Waals surface area contributed by atoms with E-state index in [4.69, 9.17) is 0 Å². The fraction of sp³-hybridized carbons (Fsp3) is 0.125. The SMILES string of the molecule is Cc1ccc2nc(CSc3nnnn3-c3ccc(O)cc3)cn2c1. The maximum atomic E-state index is 9.39. The first-order valence-corrected chi connectivity index (χ1v) is 8.32. The Morgan fingerprint density at radius 1 is 1.08 bits per heavy atom. The number of benzene rings is 1. The smallest absolute Gasteiger partial charge is 0.214 e. The van der Waals surface area contributed by atoms with Crippen LogP contribution in [0.1, 0.15) is 11.3 Å². The molecule has 8 heteroatoms. The number of phenolic OH excluding ortho intramolecular Hbond substituents is 1. The fourth-order valence-electron chi connectivity index (χ4n) is 2.39. The molecule has 0 radical (unpaired) electrons. The molecule has 3 heterocycles. The van der Waals surface area contributed by atoms with Gasteiger partial charge in [-0.2, -0.15) is 4.68 Å². The number of pyridine rings is 1. The lowest BCUT2D eigenvalue weighted by Gasteiger charge is -2.03. The molecule has 0 atom stereocenters. The Bertz CT molecular complexity index is 991. The Labute approximate surface area is 142 Å². The number of hydrogen-bond acceptors (Lipinski definition) is 6. The van der Waals surface area contributed by atoms with Crippen molar-refractivity contribution >= 4 is 17.4 Å². The number of fused-ring (bicyclic) bond motifs is 1. The maximum absolute atomic E-state index is 9.39. The molecule has 1 aromatic carbocycles. The molecule has 0 amide bonds. The first-order chi connectivity index (χ1) is 11.7. The summed E-state index contributed by atoms with van der Waals surface area (Å²) in [6.45, 7) is 2.06. The van der Waals surface area contributed by atoms with Gasteiger partial charge in [-0.3, -0.25) is 0 Å². The molecular weight excluding hydrogens is 324 g/mol. The summed E-state index contributed by atoms with van der Waals surface area (Å²) in [5, 5.41) is 21.9. The lowest BCUT2D eigenvalue weighted by atomic mass is 10.3. The average molecular weight is 338 g/mol. The lowest BCUT2D eigenvalue weighted by Crippen LogP contribution is -1.98. The van der Waals surface area contributed by atoms with Gasteiger partial charge in [-0.15, -0.1) is 5.10 Å². The van der Waals surface area contributed by atoms with E-state index in [1.807, 2.05) is 22.7 Å². The number of aromatic nitrogens is 6. The van der Waals surface area contributed by atoms with Crippen LogP contribution in [0.3, 0.4) is 0 Å². The van der Waals surface area contributed by atoms with E-state index in [1.54, 1.807) is 28.9 Å². The van der Waals surface area contributed by atoms with Crippen molar-refractivity contribution < 1.29 is 5.11 Å². The minimum atomic E-state index is 0.209. The monoisotopic (exact) mass is 338 g/mol. The van der Waals surface area contributed by atoms with Gasteiger partial charge in [0.1, 0.15) is 11.4 Å². The van der Waals surface area contributed by atoms with Crippen molar-refractivity contribution in [2.75, 3.05) is 0 Å². The van der Waals surface area contributed by atoms with Crippen molar-refractivity contribution in [1.82, 2.24) is 29.6 Å². The van der Waals surface area contributed by atoms with Gasteiger partial charge in [0.05, 0.1) is 11.4 Å². The van der Waals surface area contributed by atoms with Crippen LogP contribution in [0.4, 0.5) is 0 Å². The van der Waals surface area contributed by atoms with Crippen molar-refractivity contribution in [3.63, 3.8) is 0 Å². The number of rotatable bonds is 4. The number of imidazole rings is 1. The zero-order valence-corrected chi connectivity index (χ0v) is 13.7. The summed E-state index contributed by atoms with van der Waals surface area (Å²) in [4.78, 5) is 4.60. The third-order valence-corrected chi connectivity index (χ3v) is 4.49. The molecule has 0 saturated carbocycles. The summed E-state index contributed by atoms with van der Waals surface area (Å²) in [6, 6.07) is 10.8. The summed E-state index contributed by atoms with van der Waals surface area (Å²) < 4.78 is 3.66. The fourth-order valence-corrected chi connectivity index (χ4v) is 3.16. The van der Waals surface area contributed by atoms with Gasteiger partial charge in [0.25, 0.3) is 0 Å². The molecule has 0 spiro atoms. The Morgan fingerprint density at radius 2 is 1.92 bits per heavy atom. The van der Waals surface area contributed by atoms with E-state index in [9.17, 15) is 5.11 Å². The number of nitrogens with zero attached hydrogens (tertiary/aromatic N) is 6. The molecule has 0 saturated heterocycles.